The molecule has 0 atom stereocenters. The third kappa shape index (κ3) is 3.48. The Kier molecular flexibility index (Phi) is 3.93. The van der Waals surface area contributed by atoms with E-state index in [1.54, 1.807) is 11.9 Å². The molecule has 0 aliphatic heterocycles. The maximum Gasteiger partial charge on any atom is 0.289 e. The van der Waals surface area contributed by atoms with Gasteiger partial charge in [-0.3, -0.25) is 4.79 Å². The maximum atomic E-state index is 10.9. The number of hydrogen-bond donors (Lipinski definition) is 0. The standard InChI is InChI=1S/C9H9Br2NO/c1-12(9(11)13)6-7-3-2-4-8(10)5-7/h2-5H,6H2,1H3. The first-order valence-corrected chi connectivity index (χ1v) is 5.33. The van der Waals surface area contributed by atoms with E-state index in [9.17, 15) is 4.79 Å². The third-order valence-electron chi connectivity index (χ3n) is 1.61. The van der Waals surface area contributed by atoms with Crippen LogP contribution in [-0.4, -0.2) is 16.8 Å². The molecule has 0 heterocycles. The number of halogens is 2. The predicted octanol–water partition coefficient (Wildman–Crippen LogP) is 3.40. The molecule has 0 bridgehead atoms. The Balaban J connectivity index is 2.69. The van der Waals surface area contributed by atoms with Crippen molar-refractivity contribution in [3.8, 4) is 0 Å². The average molecular weight is 307 g/mol. The monoisotopic (exact) mass is 305 g/mol. The minimum Gasteiger partial charge on any atom is -0.332 e. The van der Waals surface area contributed by atoms with Gasteiger partial charge in [-0.1, -0.05) is 28.1 Å². The molecular formula is C9H9Br2NO. The van der Waals surface area contributed by atoms with Gasteiger partial charge in [-0.05, 0) is 17.7 Å². The first kappa shape index (κ1) is 10.7. The molecule has 0 aliphatic rings. The molecule has 0 saturated carbocycles. The zero-order valence-corrected chi connectivity index (χ0v) is 10.3. The van der Waals surface area contributed by atoms with Crippen molar-refractivity contribution in [3.05, 3.63) is 34.3 Å². The second-order valence-corrected chi connectivity index (χ2v) is 4.33. The molecule has 0 spiro atoms. The van der Waals surface area contributed by atoms with Crippen LogP contribution in [0.1, 0.15) is 5.56 Å². The van der Waals surface area contributed by atoms with E-state index in [1.807, 2.05) is 24.3 Å². The highest BCUT2D eigenvalue weighted by molar-refractivity contribution is 9.18. The summed E-state index contributed by atoms with van der Waals surface area (Å²) in [4.78, 5) is 12.4. The van der Waals surface area contributed by atoms with E-state index in [-0.39, 0.29) is 4.82 Å². The van der Waals surface area contributed by atoms with Gasteiger partial charge in [0.2, 0.25) is 0 Å². The largest absolute Gasteiger partial charge is 0.332 e. The Bertz CT molecular complexity index is 314. The normalized spacial score (nSPS) is 9.77. The Morgan fingerprint density at radius 3 is 2.77 bits per heavy atom. The highest BCUT2D eigenvalue weighted by atomic mass is 79.9. The molecule has 70 valence electrons. The average Bonchev–Trinajstić information content (AvgIpc) is 2.04. The molecule has 2 nitrogen and oxygen atoms in total. The van der Waals surface area contributed by atoms with E-state index < -0.39 is 0 Å². The molecule has 1 amide bonds. The fourth-order valence-electron chi connectivity index (χ4n) is 0.971. The number of carbonyl (C=O) groups excluding carboxylic acids is 1. The molecule has 4 heteroatoms. The molecule has 1 rings (SSSR count). The predicted molar refractivity (Wildman–Crippen MR) is 59.9 cm³/mol. The topological polar surface area (TPSA) is 20.3 Å². The summed E-state index contributed by atoms with van der Waals surface area (Å²) in [6.07, 6.45) is 0. The van der Waals surface area contributed by atoms with Gasteiger partial charge in [-0.15, -0.1) is 0 Å². The van der Waals surface area contributed by atoms with Crippen molar-refractivity contribution < 1.29 is 4.79 Å². The fraction of sp³-hybridized carbons (Fsp3) is 0.222. The number of amides is 1. The van der Waals surface area contributed by atoms with Crippen LogP contribution in [0.5, 0.6) is 0 Å². The minimum atomic E-state index is -0.104. The first-order chi connectivity index (χ1) is 6.09. The van der Waals surface area contributed by atoms with Crippen LogP contribution in [0.4, 0.5) is 4.79 Å². The van der Waals surface area contributed by atoms with Crippen molar-refractivity contribution in [1.29, 1.82) is 0 Å². The van der Waals surface area contributed by atoms with Gasteiger partial charge >= 0.3 is 0 Å². The number of carbonyl (C=O) groups is 1. The molecular weight excluding hydrogens is 298 g/mol. The Morgan fingerprint density at radius 1 is 1.54 bits per heavy atom. The highest BCUT2D eigenvalue weighted by Crippen LogP contribution is 2.13. The van der Waals surface area contributed by atoms with Crippen molar-refractivity contribution in [2.45, 2.75) is 6.54 Å². The zero-order chi connectivity index (χ0) is 9.84. The summed E-state index contributed by atoms with van der Waals surface area (Å²) in [6, 6.07) is 7.88. The number of nitrogens with zero attached hydrogens (tertiary/aromatic N) is 1. The molecule has 1 aromatic carbocycles. The lowest BCUT2D eigenvalue weighted by Crippen LogP contribution is -2.19. The third-order valence-corrected chi connectivity index (χ3v) is 2.71. The van der Waals surface area contributed by atoms with Crippen LogP contribution in [0.2, 0.25) is 0 Å². The van der Waals surface area contributed by atoms with Crippen LogP contribution in [0, 0.1) is 0 Å². The second kappa shape index (κ2) is 4.77. The van der Waals surface area contributed by atoms with E-state index in [2.05, 4.69) is 31.9 Å². The second-order valence-electron chi connectivity index (χ2n) is 2.74. The maximum absolute atomic E-state index is 10.9. The molecule has 0 aromatic heterocycles. The van der Waals surface area contributed by atoms with Crippen molar-refractivity contribution >= 4 is 36.7 Å². The summed E-state index contributed by atoms with van der Waals surface area (Å²) in [5, 5.41) is 0. The summed E-state index contributed by atoms with van der Waals surface area (Å²) in [6.45, 7) is 0.615. The molecule has 0 saturated heterocycles. The van der Waals surface area contributed by atoms with Gasteiger partial charge in [-0.2, -0.15) is 0 Å². The van der Waals surface area contributed by atoms with Crippen LogP contribution in [0.3, 0.4) is 0 Å². The summed E-state index contributed by atoms with van der Waals surface area (Å²) in [5.74, 6) is 0. The van der Waals surface area contributed by atoms with E-state index in [0.717, 1.165) is 10.0 Å². The number of rotatable bonds is 2. The van der Waals surface area contributed by atoms with E-state index >= 15 is 0 Å². The van der Waals surface area contributed by atoms with Crippen LogP contribution < -0.4 is 0 Å². The SMILES string of the molecule is CN(Cc1cccc(Br)c1)C(=O)Br. The number of benzene rings is 1. The lowest BCUT2D eigenvalue weighted by molar-refractivity contribution is 0.233. The molecule has 1 aromatic rings. The van der Waals surface area contributed by atoms with Crippen molar-refractivity contribution in [3.63, 3.8) is 0 Å². The first-order valence-electron chi connectivity index (χ1n) is 3.74. The van der Waals surface area contributed by atoms with Gasteiger partial charge in [0.05, 0.1) is 0 Å². The van der Waals surface area contributed by atoms with Crippen molar-refractivity contribution in [1.82, 2.24) is 4.90 Å². The van der Waals surface area contributed by atoms with E-state index in [0.29, 0.717) is 6.54 Å². The quantitative estimate of drug-likeness (QED) is 0.606. The van der Waals surface area contributed by atoms with Gasteiger partial charge in [0, 0.05) is 34.0 Å². The summed E-state index contributed by atoms with van der Waals surface area (Å²) in [5.41, 5.74) is 1.10. The molecule has 0 unspecified atom stereocenters. The summed E-state index contributed by atoms with van der Waals surface area (Å²) < 4.78 is 1.03. The Labute approximate surface area is 94.2 Å². The molecule has 0 fully saturated rings. The highest BCUT2D eigenvalue weighted by Gasteiger charge is 2.04. The van der Waals surface area contributed by atoms with Gasteiger partial charge in [0.25, 0.3) is 4.82 Å². The van der Waals surface area contributed by atoms with E-state index in [4.69, 9.17) is 0 Å². The van der Waals surface area contributed by atoms with Gasteiger partial charge in [-0.25, -0.2) is 0 Å². The van der Waals surface area contributed by atoms with Gasteiger partial charge in [0.15, 0.2) is 0 Å². The van der Waals surface area contributed by atoms with Crippen molar-refractivity contribution in [2.75, 3.05) is 7.05 Å². The van der Waals surface area contributed by atoms with Crippen LogP contribution in [-0.2, 0) is 6.54 Å². The van der Waals surface area contributed by atoms with E-state index in [1.165, 1.54) is 0 Å². The molecule has 0 aliphatic carbocycles. The van der Waals surface area contributed by atoms with Crippen LogP contribution >= 0.6 is 31.9 Å². The molecule has 0 N–H and O–H groups in total. The smallest absolute Gasteiger partial charge is 0.289 e. The van der Waals surface area contributed by atoms with Crippen LogP contribution in [0.15, 0.2) is 28.7 Å². The molecule has 13 heavy (non-hydrogen) atoms. The van der Waals surface area contributed by atoms with Gasteiger partial charge in [0.1, 0.15) is 0 Å². The van der Waals surface area contributed by atoms with Crippen molar-refractivity contribution in [2.24, 2.45) is 0 Å². The lowest BCUT2D eigenvalue weighted by Gasteiger charge is -2.13. The summed E-state index contributed by atoms with van der Waals surface area (Å²) >= 11 is 6.27. The Hall–Kier alpha value is -0.350. The minimum absolute atomic E-state index is 0.104. The number of hydrogen-bond acceptors (Lipinski definition) is 1. The Morgan fingerprint density at radius 2 is 2.23 bits per heavy atom. The fourth-order valence-corrected chi connectivity index (χ4v) is 1.54. The van der Waals surface area contributed by atoms with Gasteiger partial charge < -0.3 is 4.90 Å². The summed E-state index contributed by atoms with van der Waals surface area (Å²) in [7, 11) is 1.75. The zero-order valence-electron chi connectivity index (χ0n) is 7.13. The van der Waals surface area contributed by atoms with Crippen LogP contribution in [0.25, 0.3) is 0 Å². The molecule has 0 radical (unpaired) electrons. The lowest BCUT2D eigenvalue weighted by atomic mass is 10.2.